The van der Waals surface area contributed by atoms with Gasteiger partial charge in [0.25, 0.3) is 0 Å². The van der Waals surface area contributed by atoms with Crippen LogP contribution in [0.1, 0.15) is 119 Å². The smallest absolute Gasteiger partial charge is 0.410 e. The quantitative estimate of drug-likeness (QED) is 0.0383. The number of pyridine rings is 1. The SMILES string of the molecule is CC(C)(C)OC(=O)N1CCN(c2nc(-c3cnc4ccc(F)cn34)nc3c2n(COCC[Si](C)(C)C)c(=O)n3C2CCOCC2)CC1.CC(C)(C)OC(=O)N1CCN(c2nc(Cl)nc3c2[nH]c(=O)n3C2CCOCC2)CC1.CC(C)(C)OC(=O)N1CCN(c2nc(Cl)nc3c2n(COCC[Si](C)(C)C)c(=O)n3C2CCOCC2)CC1. The van der Waals surface area contributed by atoms with Gasteiger partial charge in [-0.3, -0.25) is 27.2 Å². The summed E-state index contributed by atoms with van der Waals surface area (Å²) in [6, 6.07) is 4.78. The third-order valence-electron chi connectivity index (χ3n) is 20.6. The molecule has 14 rings (SSSR count). The zero-order chi connectivity index (χ0) is 82.6. The second kappa shape index (κ2) is 35.9. The first-order valence-electron chi connectivity index (χ1n) is 39.9. The largest absolute Gasteiger partial charge is 0.444 e. The minimum Gasteiger partial charge on any atom is -0.444 e. The number of imidazole rings is 4. The highest BCUT2D eigenvalue weighted by Crippen LogP contribution is 2.36. The van der Waals surface area contributed by atoms with Gasteiger partial charge in [0, 0.05) is 172 Å². The molecule has 6 aliphatic rings. The summed E-state index contributed by atoms with van der Waals surface area (Å²) in [6.45, 7) is 41.0. The Balaban J connectivity index is 0.000000163. The molecule has 39 heteroatoms. The summed E-state index contributed by atoms with van der Waals surface area (Å²) in [4.78, 5) is 125. The van der Waals surface area contributed by atoms with Gasteiger partial charge in [0.05, 0.1) is 6.20 Å². The number of hydrogen-bond donors (Lipinski definition) is 1. The molecule has 0 unspecified atom stereocenters. The van der Waals surface area contributed by atoms with Crippen LogP contribution in [0.5, 0.6) is 0 Å². The predicted molar refractivity (Wildman–Crippen MR) is 441 cm³/mol. The summed E-state index contributed by atoms with van der Waals surface area (Å²) in [5.41, 5.74) is 2.01. The van der Waals surface area contributed by atoms with Crippen molar-refractivity contribution in [1.29, 1.82) is 0 Å². The number of rotatable bonds is 17. The van der Waals surface area contributed by atoms with Crippen LogP contribution in [0.15, 0.2) is 38.9 Å². The van der Waals surface area contributed by atoms with Gasteiger partial charge in [-0.25, -0.2) is 48.1 Å². The maximum atomic E-state index is 14.4. The number of anilines is 3. The number of aromatic nitrogens is 14. The van der Waals surface area contributed by atoms with Crippen LogP contribution < -0.4 is 31.8 Å². The van der Waals surface area contributed by atoms with Crippen LogP contribution in [0.2, 0.25) is 61.9 Å². The van der Waals surface area contributed by atoms with Gasteiger partial charge in [0.1, 0.15) is 64.0 Å². The number of fused-ring (bicyclic) bond motifs is 4. The van der Waals surface area contributed by atoms with Gasteiger partial charge >= 0.3 is 35.3 Å². The number of carbonyl (C=O) groups excluding carboxylic acids is 3. The van der Waals surface area contributed by atoms with Crippen molar-refractivity contribution in [2.45, 2.75) is 201 Å². The van der Waals surface area contributed by atoms with E-state index in [4.69, 9.17) is 71.1 Å². The second-order valence-corrected chi connectivity index (χ2v) is 47.2. The second-order valence-electron chi connectivity index (χ2n) is 35.3. The van der Waals surface area contributed by atoms with E-state index in [1.54, 1.807) is 54.2 Å². The number of piperazine rings is 3. The zero-order valence-corrected chi connectivity index (χ0v) is 72.6. The molecule has 0 atom stereocenters. The molecular formula is C76H113Cl2FN20O14Si2. The Morgan fingerprint density at radius 2 is 0.878 bits per heavy atom. The summed E-state index contributed by atoms with van der Waals surface area (Å²) in [5.74, 6) is 1.61. The fourth-order valence-corrected chi connectivity index (χ4v) is 16.4. The number of carbonyl (C=O) groups is 3. The van der Waals surface area contributed by atoms with Gasteiger partial charge in [0.15, 0.2) is 40.2 Å². The van der Waals surface area contributed by atoms with E-state index in [1.807, 2.05) is 67.2 Å². The minimum atomic E-state index is -1.36. The van der Waals surface area contributed by atoms with Crippen molar-refractivity contribution in [2.75, 3.05) is 146 Å². The standard InChI is InChI=1S/C32H45FN8O5Si.C25H41ClN6O5Si.C19H27ClN6O4/c1-32(2,3)46-31(43)38-13-11-37(12-14-38)28-26-29(36-27(35-28)24-19-34-25-8-7-22(33)20-39(24)25)41(23-9-15-44-16-10-23)30(42)40(26)21-45-17-18-47(4,5)6;1-25(2,3)37-24(34)30-11-9-29(10-12-30)20-19-21(28-22(26)27-20)32(18-7-13-35-14-8-18)23(33)31(19)17-36-15-16-38(4,5)6;1-19(2,3)30-18(28)25-8-6-24(7-9-25)14-13-15(23-16(20)22-14)26(17(27)21-13)12-4-10-29-11-5-12/h7-8,19-20,23H,9-18,21H2,1-6H3;18H,7-17H2,1-6H3;12H,4-11H2,1-3H3,(H,21,27). The van der Waals surface area contributed by atoms with Crippen molar-refractivity contribution < 1.29 is 56.7 Å². The topological polar surface area (TPSA) is 331 Å². The molecule has 6 aliphatic heterocycles. The molecule has 14 heterocycles. The lowest BCUT2D eigenvalue weighted by Crippen LogP contribution is -2.50. The van der Waals surface area contributed by atoms with E-state index in [1.165, 1.54) is 12.3 Å². The van der Waals surface area contributed by atoms with Gasteiger partial charge in [-0.2, -0.15) is 19.9 Å². The predicted octanol–water partition coefficient (Wildman–Crippen LogP) is 10.9. The van der Waals surface area contributed by atoms with Crippen LogP contribution in [-0.2, 0) is 51.4 Å². The Bertz CT molecular complexity index is 4930. The molecule has 630 valence electrons. The number of hydrogen-bond acceptors (Lipinski definition) is 24. The molecule has 8 aromatic heterocycles. The Morgan fingerprint density at radius 3 is 1.29 bits per heavy atom. The third-order valence-corrected chi connectivity index (χ3v) is 24.3. The molecule has 115 heavy (non-hydrogen) atoms. The van der Waals surface area contributed by atoms with Crippen molar-refractivity contribution >= 4 is 114 Å². The average molecular weight is 1680 g/mol. The van der Waals surface area contributed by atoms with Gasteiger partial charge in [0.2, 0.25) is 10.6 Å². The lowest BCUT2D eigenvalue weighted by Gasteiger charge is -2.36. The van der Waals surface area contributed by atoms with Gasteiger partial charge in [-0.15, -0.1) is 0 Å². The van der Waals surface area contributed by atoms with Gasteiger partial charge in [-0.1, -0.05) is 39.3 Å². The zero-order valence-electron chi connectivity index (χ0n) is 69.1. The maximum absolute atomic E-state index is 14.4. The number of amides is 3. The van der Waals surface area contributed by atoms with Crippen LogP contribution in [0.3, 0.4) is 0 Å². The number of aromatic amines is 1. The lowest BCUT2D eigenvalue weighted by molar-refractivity contribution is 0.0230. The monoisotopic (exact) mass is 1670 g/mol. The molecule has 6 fully saturated rings. The van der Waals surface area contributed by atoms with E-state index < -0.39 is 38.8 Å². The van der Waals surface area contributed by atoms with Crippen molar-refractivity contribution in [2.24, 2.45) is 0 Å². The number of nitrogens with zero attached hydrogens (tertiary/aromatic N) is 19. The Morgan fingerprint density at radius 1 is 0.504 bits per heavy atom. The number of halogens is 3. The highest BCUT2D eigenvalue weighted by atomic mass is 35.5. The third kappa shape index (κ3) is 21.4. The van der Waals surface area contributed by atoms with Gasteiger partial charge < -0.3 is 72.3 Å². The number of nitrogens with one attached hydrogen (secondary N) is 1. The molecule has 0 saturated carbocycles. The molecule has 0 bridgehead atoms. The lowest BCUT2D eigenvalue weighted by atomic mass is 10.1. The molecule has 3 amide bonds. The summed E-state index contributed by atoms with van der Waals surface area (Å²) in [7, 11) is -2.64. The summed E-state index contributed by atoms with van der Waals surface area (Å²) < 4.78 is 69.9. The Hall–Kier alpha value is -8.31. The number of ether oxygens (including phenoxy) is 8. The molecule has 1 N–H and O–H groups in total. The molecular weight excluding hydrogens is 1560 g/mol. The molecule has 8 aromatic rings. The van der Waals surface area contributed by atoms with Crippen LogP contribution in [0.4, 0.5) is 36.2 Å². The van der Waals surface area contributed by atoms with Crippen molar-refractivity contribution in [1.82, 2.24) is 81.8 Å². The average Bonchev–Trinajstić information content (AvgIpc) is 1.61. The first-order chi connectivity index (χ1) is 54.4. The molecule has 6 saturated heterocycles. The molecule has 34 nitrogen and oxygen atoms in total. The van der Waals surface area contributed by atoms with Gasteiger partial charge in [-0.05, 0) is 148 Å². The van der Waals surface area contributed by atoms with Crippen LogP contribution in [-0.4, -0.2) is 264 Å². The van der Waals surface area contributed by atoms with Crippen molar-refractivity contribution in [3.63, 3.8) is 0 Å². The first kappa shape index (κ1) is 86.0. The maximum Gasteiger partial charge on any atom is 0.410 e. The van der Waals surface area contributed by atoms with E-state index in [0.29, 0.717) is 212 Å². The Labute approximate surface area is 679 Å². The van der Waals surface area contributed by atoms with Crippen LogP contribution in [0, 0.1) is 5.82 Å². The van der Waals surface area contributed by atoms with Crippen LogP contribution in [0.25, 0.3) is 50.7 Å². The fraction of sp³-hybridized carbons (Fsp3) is 0.671. The van der Waals surface area contributed by atoms with E-state index in [0.717, 1.165) is 37.8 Å². The normalized spacial score (nSPS) is 17.7. The van der Waals surface area contributed by atoms with Crippen LogP contribution >= 0.6 is 23.2 Å². The highest BCUT2D eigenvalue weighted by Gasteiger charge is 2.37. The van der Waals surface area contributed by atoms with E-state index in [2.05, 4.69) is 79.0 Å². The molecule has 0 aliphatic carbocycles. The van der Waals surface area contributed by atoms with E-state index in [9.17, 15) is 33.2 Å². The summed E-state index contributed by atoms with van der Waals surface area (Å²) in [6.07, 6.45) is 6.23. The van der Waals surface area contributed by atoms with Crippen molar-refractivity contribution in [3.8, 4) is 11.5 Å². The van der Waals surface area contributed by atoms with E-state index in [-0.39, 0.29) is 77.5 Å². The summed E-state index contributed by atoms with van der Waals surface area (Å²) in [5, 5.41) is 0.173. The minimum absolute atomic E-state index is 0.0165. The highest BCUT2D eigenvalue weighted by molar-refractivity contribution is 6.76. The fourth-order valence-electron chi connectivity index (χ4n) is 14.6. The summed E-state index contributed by atoms with van der Waals surface area (Å²) >= 11 is 12.7. The molecule has 0 aromatic carbocycles. The first-order valence-corrected chi connectivity index (χ1v) is 48.1. The number of H-pyrrole nitrogens is 1. The molecule has 0 radical (unpaired) electrons. The Kier molecular flexibility index (Phi) is 26.8. The van der Waals surface area contributed by atoms with E-state index >= 15 is 0 Å². The van der Waals surface area contributed by atoms with Crippen molar-refractivity contribution in [3.05, 3.63) is 72.4 Å². The molecule has 0 spiro atoms.